The molecule has 0 atom stereocenters. The highest BCUT2D eigenvalue weighted by Gasteiger charge is 2.23. The predicted octanol–water partition coefficient (Wildman–Crippen LogP) is 6.67. The molecule has 3 aromatic rings. The van der Waals surface area contributed by atoms with Crippen molar-refractivity contribution in [3.63, 3.8) is 0 Å². The van der Waals surface area contributed by atoms with Crippen molar-refractivity contribution in [2.24, 2.45) is 0 Å². The average molecular weight is 558 g/mol. The Balaban J connectivity index is 1.53. The molecule has 0 aromatic heterocycles. The van der Waals surface area contributed by atoms with Crippen LogP contribution in [0.1, 0.15) is 99.7 Å². The van der Waals surface area contributed by atoms with Crippen molar-refractivity contribution in [2.45, 2.75) is 78.6 Å². The lowest BCUT2D eigenvalue weighted by Crippen LogP contribution is -2.43. The van der Waals surface area contributed by atoms with Crippen LogP contribution in [0.2, 0.25) is 0 Å². The van der Waals surface area contributed by atoms with E-state index in [1.54, 1.807) is 36.4 Å². The first-order chi connectivity index (χ1) is 18.9. The normalized spacial score (nSPS) is 11.9. The third kappa shape index (κ3) is 8.68. The molecule has 0 spiro atoms. The van der Waals surface area contributed by atoms with E-state index in [-0.39, 0.29) is 28.8 Å². The summed E-state index contributed by atoms with van der Waals surface area (Å²) in [7, 11) is 0. The van der Waals surface area contributed by atoms with Gasteiger partial charge in [0.1, 0.15) is 5.75 Å². The maximum Gasteiger partial charge on any atom is 0.276 e. The maximum absolute atomic E-state index is 12.6. The van der Waals surface area contributed by atoms with Gasteiger partial charge in [-0.3, -0.25) is 25.2 Å². The Bertz CT molecular complexity index is 1390. The zero-order valence-electron chi connectivity index (χ0n) is 25.7. The Labute approximate surface area is 244 Å². The van der Waals surface area contributed by atoms with Crippen LogP contribution in [-0.4, -0.2) is 24.3 Å². The standard InChI is InChI=1S/C34H43N3O4/c1-32(2,3)24-14-10-22(11-15-24)30(39)35-26-17-12-23(13-18-26)31(40)37-36-29(38)21-41-28-19-16-25(33(4,5)6)20-27(28)34(7,8)9/h10-20H,21H2,1-9H3,(H,35,39)(H,36,38)(H,37,40). The summed E-state index contributed by atoms with van der Waals surface area (Å²) < 4.78 is 5.84. The number of carbonyl (C=O) groups is 3. The van der Waals surface area contributed by atoms with Crippen molar-refractivity contribution in [1.82, 2.24) is 10.9 Å². The fraction of sp³-hybridized carbons (Fsp3) is 0.382. The summed E-state index contributed by atoms with van der Waals surface area (Å²) in [5, 5.41) is 2.83. The van der Waals surface area contributed by atoms with E-state index in [1.165, 1.54) is 5.56 Å². The fourth-order valence-corrected chi connectivity index (χ4v) is 4.12. The predicted molar refractivity (Wildman–Crippen MR) is 164 cm³/mol. The van der Waals surface area contributed by atoms with Gasteiger partial charge in [0.15, 0.2) is 6.61 Å². The van der Waals surface area contributed by atoms with Crippen LogP contribution in [0.15, 0.2) is 66.7 Å². The molecule has 0 bridgehead atoms. The van der Waals surface area contributed by atoms with Gasteiger partial charge in [0.25, 0.3) is 17.7 Å². The first kappa shape index (κ1) is 31.4. The summed E-state index contributed by atoms with van der Waals surface area (Å²) >= 11 is 0. The van der Waals surface area contributed by atoms with Gasteiger partial charge in [0.05, 0.1) is 0 Å². The van der Waals surface area contributed by atoms with Crippen molar-refractivity contribution in [3.05, 3.63) is 94.5 Å². The first-order valence-electron chi connectivity index (χ1n) is 13.8. The van der Waals surface area contributed by atoms with Crippen LogP contribution >= 0.6 is 0 Å². The summed E-state index contributed by atoms with van der Waals surface area (Å²) in [6.07, 6.45) is 0. The Morgan fingerprint density at radius 3 is 1.66 bits per heavy atom. The van der Waals surface area contributed by atoms with Gasteiger partial charge in [-0.05, 0) is 75.4 Å². The largest absolute Gasteiger partial charge is 0.483 e. The molecule has 0 aliphatic heterocycles. The second-order valence-corrected chi connectivity index (χ2v) is 13.4. The minimum absolute atomic E-state index is 0.00601. The fourth-order valence-electron chi connectivity index (χ4n) is 4.12. The monoisotopic (exact) mass is 557 g/mol. The summed E-state index contributed by atoms with van der Waals surface area (Å²) in [6, 6.07) is 20.0. The third-order valence-electron chi connectivity index (χ3n) is 6.75. The molecular weight excluding hydrogens is 514 g/mol. The Hall–Kier alpha value is -4.13. The van der Waals surface area contributed by atoms with Gasteiger partial charge in [-0.15, -0.1) is 0 Å². The number of nitrogens with one attached hydrogen (secondary N) is 3. The molecule has 0 unspecified atom stereocenters. The highest BCUT2D eigenvalue weighted by atomic mass is 16.5. The van der Waals surface area contributed by atoms with Gasteiger partial charge < -0.3 is 10.1 Å². The van der Waals surface area contributed by atoms with E-state index in [4.69, 9.17) is 4.74 Å². The van der Waals surface area contributed by atoms with E-state index >= 15 is 0 Å². The Morgan fingerprint density at radius 2 is 1.12 bits per heavy atom. The number of carbonyl (C=O) groups excluding carboxylic acids is 3. The second kappa shape index (κ2) is 12.2. The molecule has 0 saturated carbocycles. The summed E-state index contributed by atoms with van der Waals surface area (Å²) in [4.78, 5) is 37.6. The van der Waals surface area contributed by atoms with Gasteiger partial charge >= 0.3 is 0 Å². The molecule has 41 heavy (non-hydrogen) atoms. The maximum atomic E-state index is 12.6. The van der Waals surface area contributed by atoms with Crippen LogP contribution in [0.25, 0.3) is 0 Å². The SMILES string of the molecule is CC(C)(C)c1ccc(C(=O)Nc2ccc(C(=O)NNC(=O)COc3ccc(C(C)(C)C)cc3C(C)(C)C)cc2)cc1. The molecule has 7 nitrogen and oxygen atoms in total. The third-order valence-corrected chi connectivity index (χ3v) is 6.75. The Kier molecular flexibility index (Phi) is 9.32. The molecule has 0 radical (unpaired) electrons. The van der Waals surface area contributed by atoms with E-state index in [2.05, 4.69) is 84.5 Å². The van der Waals surface area contributed by atoms with Crippen LogP contribution in [0, 0.1) is 0 Å². The highest BCUT2D eigenvalue weighted by Crippen LogP contribution is 2.35. The molecule has 3 amide bonds. The lowest BCUT2D eigenvalue weighted by Gasteiger charge is -2.27. The number of hydrazine groups is 1. The number of amides is 3. The molecule has 0 aliphatic carbocycles. The van der Waals surface area contributed by atoms with Crippen LogP contribution in [0.4, 0.5) is 5.69 Å². The number of hydrogen-bond acceptors (Lipinski definition) is 4. The highest BCUT2D eigenvalue weighted by molar-refractivity contribution is 6.04. The van der Waals surface area contributed by atoms with E-state index in [1.807, 2.05) is 24.3 Å². The molecule has 3 N–H and O–H groups in total. The molecule has 0 fully saturated rings. The van der Waals surface area contributed by atoms with E-state index in [9.17, 15) is 14.4 Å². The van der Waals surface area contributed by atoms with Gasteiger partial charge in [0.2, 0.25) is 0 Å². The molecule has 3 aromatic carbocycles. The molecule has 0 heterocycles. The first-order valence-corrected chi connectivity index (χ1v) is 13.8. The van der Waals surface area contributed by atoms with Crippen LogP contribution in [0.3, 0.4) is 0 Å². The van der Waals surface area contributed by atoms with Gasteiger partial charge in [-0.2, -0.15) is 0 Å². The summed E-state index contributed by atoms with van der Waals surface area (Å²) in [6.45, 7) is 18.9. The van der Waals surface area contributed by atoms with Gasteiger partial charge in [-0.1, -0.05) is 86.6 Å². The lowest BCUT2D eigenvalue weighted by atomic mass is 9.80. The van der Waals surface area contributed by atoms with E-state index in [0.717, 1.165) is 11.1 Å². The molecule has 3 rings (SSSR count). The van der Waals surface area contributed by atoms with Crippen LogP contribution in [-0.2, 0) is 21.0 Å². The number of hydrogen-bond donors (Lipinski definition) is 3. The minimum atomic E-state index is -0.487. The smallest absolute Gasteiger partial charge is 0.276 e. The summed E-state index contributed by atoms with van der Waals surface area (Å²) in [5.41, 5.74) is 9.39. The van der Waals surface area contributed by atoms with E-state index in [0.29, 0.717) is 22.6 Å². The van der Waals surface area contributed by atoms with Crippen molar-refractivity contribution >= 4 is 23.4 Å². The number of ether oxygens (including phenoxy) is 1. The topological polar surface area (TPSA) is 96.5 Å². The quantitative estimate of drug-likeness (QED) is 0.295. The zero-order valence-corrected chi connectivity index (χ0v) is 25.7. The molecule has 218 valence electrons. The number of rotatable bonds is 6. The molecule has 0 saturated heterocycles. The lowest BCUT2D eigenvalue weighted by molar-refractivity contribution is -0.123. The second-order valence-electron chi connectivity index (χ2n) is 13.4. The van der Waals surface area contributed by atoms with Crippen LogP contribution < -0.4 is 20.9 Å². The van der Waals surface area contributed by atoms with Gasteiger partial charge in [0, 0.05) is 16.8 Å². The van der Waals surface area contributed by atoms with Crippen molar-refractivity contribution in [1.29, 1.82) is 0 Å². The average Bonchev–Trinajstić information content (AvgIpc) is 2.89. The molecule has 0 aliphatic rings. The van der Waals surface area contributed by atoms with Crippen LogP contribution in [0.5, 0.6) is 5.75 Å². The van der Waals surface area contributed by atoms with Crippen molar-refractivity contribution in [2.75, 3.05) is 11.9 Å². The molecule has 7 heteroatoms. The Morgan fingerprint density at radius 1 is 0.610 bits per heavy atom. The zero-order chi connectivity index (χ0) is 30.6. The van der Waals surface area contributed by atoms with Gasteiger partial charge in [-0.25, -0.2) is 0 Å². The van der Waals surface area contributed by atoms with Crippen molar-refractivity contribution < 1.29 is 19.1 Å². The van der Waals surface area contributed by atoms with E-state index < -0.39 is 11.8 Å². The minimum Gasteiger partial charge on any atom is -0.483 e. The molecular formula is C34H43N3O4. The van der Waals surface area contributed by atoms with Crippen molar-refractivity contribution in [3.8, 4) is 5.75 Å². The number of anilines is 1. The summed E-state index contributed by atoms with van der Waals surface area (Å²) in [5.74, 6) is -0.578. The number of benzene rings is 3.